The highest BCUT2D eigenvalue weighted by atomic mass is 79.9. The van der Waals surface area contributed by atoms with Crippen LogP contribution in [0.15, 0.2) is 40.9 Å². The molecule has 2 aromatic rings. The van der Waals surface area contributed by atoms with Gasteiger partial charge < -0.3 is 25.2 Å². The van der Waals surface area contributed by atoms with E-state index in [4.69, 9.17) is 14.6 Å². The van der Waals surface area contributed by atoms with E-state index in [1.54, 1.807) is 19.1 Å². The SMILES string of the molecule is COc1ccc(Br)c(CNC(C)C(=O)O)c1OCC(=O)Nc1ccc(C)cc1. The molecule has 0 saturated carbocycles. The maximum absolute atomic E-state index is 12.2. The van der Waals surface area contributed by atoms with Gasteiger partial charge in [-0.15, -0.1) is 0 Å². The molecule has 150 valence electrons. The number of carboxylic acids is 1. The molecule has 0 heterocycles. The second kappa shape index (κ2) is 10.1. The molecule has 28 heavy (non-hydrogen) atoms. The van der Waals surface area contributed by atoms with Crippen molar-refractivity contribution in [1.82, 2.24) is 5.32 Å². The van der Waals surface area contributed by atoms with E-state index in [0.29, 0.717) is 27.2 Å². The molecule has 0 radical (unpaired) electrons. The Kier molecular flexibility index (Phi) is 7.83. The molecule has 2 aromatic carbocycles. The summed E-state index contributed by atoms with van der Waals surface area (Å²) in [5.74, 6) is -0.449. The molecule has 0 aliphatic rings. The van der Waals surface area contributed by atoms with Crippen molar-refractivity contribution in [2.45, 2.75) is 26.4 Å². The van der Waals surface area contributed by atoms with Crippen molar-refractivity contribution in [3.63, 3.8) is 0 Å². The van der Waals surface area contributed by atoms with Gasteiger partial charge in [0.05, 0.1) is 7.11 Å². The topological polar surface area (TPSA) is 96.9 Å². The monoisotopic (exact) mass is 450 g/mol. The number of ether oxygens (including phenoxy) is 2. The van der Waals surface area contributed by atoms with Crippen LogP contribution in [0, 0.1) is 6.92 Å². The molecule has 0 aliphatic carbocycles. The van der Waals surface area contributed by atoms with Crippen molar-refractivity contribution in [2.24, 2.45) is 0 Å². The fraction of sp³-hybridized carbons (Fsp3) is 0.300. The Bertz CT molecular complexity index is 839. The van der Waals surface area contributed by atoms with Crippen LogP contribution >= 0.6 is 15.9 Å². The molecule has 0 bridgehead atoms. The first-order valence-electron chi connectivity index (χ1n) is 8.62. The Labute approximate surface area is 172 Å². The maximum atomic E-state index is 12.2. The van der Waals surface area contributed by atoms with E-state index in [9.17, 15) is 9.59 Å². The van der Waals surface area contributed by atoms with Gasteiger partial charge in [0.25, 0.3) is 5.91 Å². The summed E-state index contributed by atoms with van der Waals surface area (Å²) in [5.41, 5.74) is 2.44. The predicted octanol–water partition coefficient (Wildman–Crippen LogP) is 3.35. The largest absolute Gasteiger partial charge is 0.493 e. The highest BCUT2D eigenvalue weighted by Gasteiger charge is 2.18. The third-order valence-electron chi connectivity index (χ3n) is 4.03. The third kappa shape index (κ3) is 5.97. The van der Waals surface area contributed by atoms with E-state index in [-0.39, 0.29) is 19.1 Å². The fourth-order valence-electron chi connectivity index (χ4n) is 2.38. The molecule has 0 saturated heterocycles. The Morgan fingerprint density at radius 1 is 1.18 bits per heavy atom. The lowest BCUT2D eigenvalue weighted by atomic mass is 10.1. The lowest BCUT2D eigenvalue weighted by molar-refractivity contribution is -0.139. The smallest absolute Gasteiger partial charge is 0.320 e. The van der Waals surface area contributed by atoms with Crippen LogP contribution in [0.25, 0.3) is 0 Å². The minimum Gasteiger partial charge on any atom is -0.493 e. The zero-order valence-corrected chi connectivity index (χ0v) is 17.5. The average Bonchev–Trinajstić information content (AvgIpc) is 2.67. The van der Waals surface area contributed by atoms with Gasteiger partial charge in [0.1, 0.15) is 6.04 Å². The van der Waals surface area contributed by atoms with E-state index in [1.807, 2.05) is 31.2 Å². The number of aryl methyl sites for hydroxylation is 1. The number of methoxy groups -OCH3 is 1. The molecule has 2 rings (SSSR count). The third-order valence-corrected chi connectivity index (χ3v) is 4.77. The van der Waals surface area contributed by atoms with Gasteiger partial charge in [-0.05, 0) is 38.1 Å². The van der Waals surface area contributed by atoms with Gasteiger partial charge >= 0.3 is 5.97 Å². The Morgan fingerprint density at radius 2 is 1.86 bits per heavy atom. The normalized spacial score (nSPS) is 11.6. The van der Waals surface area contributed by atoms with E-state index in [2.05, 4.69) is 26.6 Å². The molecule has 1 atom stereocenters. The highest BCUT2D eigenvalue weighted by molar-refractivity contribution is 9.10. The quantitative estimate of drug-likeness (QED) is 0.541. The van der Waals surface area contributed by atoms with Crippen LogP contribution in [0.4, 0.5) is 5.69 Å². The van der Waals surface area contributed by atoms with Crippen LogP contribution in [-0.2, 0) is 16.1 Å². The minimum atomic E-state index is -0.959. The summed E-state index contributed by atoms with van der Waals surface area (Å²) in [6.45, 7) is 3.52. The van der Waals surface area contributed by atoms with Crippen LogP contribution in [0.2, 0.25) is 0 Å². The maximum Gasteiger partial charge on any atom is 0.320 e. The van der Waals surface area contributed by atoms with Crippen molar-refractivity contribution < 1.29 is 24.2 Å². The van der Waals surface area contributed by atoms with E-state index >= 15 is 0 Å². The number of halogens is 1. The number of carbonyl (C=O) groups is 2. The van der Waals surface area contributed by atoms with Crippen LogP contribution in [0.5, 0.6) is 11.5 Å². The molecule has 0 aromatic heterocycles. The summed E-state index contributed by atoms with van der Waals surface area (Å²) in [4.78, 5) is 23.3. The second-order valence-corrected chi connectivity index (χ2v) is 7.06. The first-order chi connectivity index (χ1) is 13.3. The number of amides is 1. The van der Waals surface area contributed by atoms with Gasteiger partial charge in [-0.1, -0.05) is 33.6 Å². The Hall–Kier alpha value is -2.58. The zero-order chi connectivity index (χ0) is 20.7. The van der Waals surface area contributed by atoms with Gasteiger partial charge in [0.15, 0.2) is 18.1 Å². The molecular weight excluding hydrogens is 428 g/mol. The number of rotatable bonds is 9. The summed E-state index contributed by atoms with van der Waals surface area (Å²) >= 11 is 3.44. The van der Waals surface area contributed by atoms with Gasteiger partial charge in [0.2, 0.25) is 0 Å². The molecule has 0 aliphatic heterocycles. The molecule has 0 spiro atoms. The summed E-state index contributed by atoms with van der Waals surface area (Å²) < 4.78 is 11.8. The van der Waals surface area contributed by atoms with Crippen molar-refractivity contribution in [3.05, 3.63) is 52.0 Å². The number of anilines is 1. The van der Waals surface area contributed by atoms with Crippen LogP contribution in [0.3, 0.4) is 0 Å². The van der Waals surface area contributed by atoms with Crippen LogP contribution in [-0.4, -0.2) is 36.7 Å². The molecule has 3 N–H and O–H groups in total. The first-order valence-corrected chi connectivity index (χ1v) is 9.42. The Balaban J connectivity index is 2.11. The molecular formula is C20H23BrN2O5. The van der Waals surface area contributed by atoms with Crippen molar-refractivity contribution in [2.75, 3.05) is 19.0 Å². The van der Waals surface area contributed by atoms with Crippen molar-refractivity contribution in [3.8, 4) is 11.5 Å². The van der Waals surface area contributed by atoms with E-state index in [0.717, 1.165) is 5.56 Å². The second-order valence-electron chi connectivity index (χ2n) is 6.20. The summed E-state index contributed by atoms with van der Waals surface area (Å²) in [7, 11) is 1.50. The number of hydrogen-bond donors (Lipinski definition) is 3. The number of carboxylic acid groups (broad SMARTS) is 1. The summed E-state index contributed by atoms with van der Waals surface area (Å²) in [6, 6.07) is 10.2. The fourth-order valence-corrected chi connectivity index (χ4v) is 2.83. The van der Waals surface area contributed by atoms with Gasteiger partial charge in [-0.2, -0.15) is 0 Å². The van der Waals surface area contributed by atoms with Crippen molar-refractivity contribution in [1.29, 1.82) is 0 Å². The molecule has 0 fully saturated rings. The lowest BCUT2D eigenvalue weighted by Gasteiger charge is -2.18. The van der Waals surface area contributed by atoms with Gasteiger partial charge in [-0.3, -0.25) is 9.59 Å². The molecule has 1 amide bonds. The lowest BCUT2D eigenvalue weighted by Crippen LogP contribution is -2.33. The highest BCUT2D eigenvalue weighted by Crippen LogP contribution is 2.36. The average molecular weight is 451 g/mol. The number of benzene rings is 2. The summed E-state index contributed by atoms with van der Waals surface area (Å²) in [5, 5.41) is 14.7. The summed E-state index contributed by atoms with van der Waals surface area (Å²) in [6.07, 6.45) is 0. The van der Waals surface area contributed by atoms with Crippen LogP contribution < -0.4 is 20.1 Å². The zero-order valence-electron chi connectivity index (χ0n) is 15.9. The Morgan fingerprint density at radius 3 is 2.46 bits per heavy atom. The first kappa shape index (κ1) is 21.7. The van der Waals surface area contributed by atoms with Crippen LogP contribution in [0.1, 0.15) is 18.1 Å². The number of aliphatic carboxylic acids is 1. The molecule has 8 heteroatoms. The van der Waals surface area contributed by atoms with Crippen molar-refractivity contribution >= 4 is 33.5 Å². The number of carbonyl (C=O) groups excluding carboxylic acids is 1. The van der Waals surface area contributed by atoms with E-state index < -0.39 is 12.0 Å². The number of hydrogen-bond acceptors (Lipinski definition) is 5. The van der Waals surface area contributed by atoms with E-state index in [1.165, 1.54) is 7.11 Å². The predicted molar refractivity (Wildman–Crippen MR) is 110 cm³/mol. The molecule has 7 nitrogen and oxygen atoms in total. The van der Waals surface area contributed by atoms with Gasteiger partial charge in [-0.25, -0.2) is 0 Å². The minimum absolute atomic E-state index is 0.220. The molecule has 1 unspecified atom stereocenters. The van der Waals surface area contributed by atoms with Gasteiger partial charge in [0, 0.05) is 22.3 Å². The standard InChI is InChI=1S/C20H23BrN2O5/c1-12-4-6-14(7-5-12)23-18(24)11-28-19-15(10-22-13(2)20(25)26)16(21)8-9-17(19)27-3/h4-9,13,22H,10-11H2,1-3H3,(H,23,24)(H,25,26). The number of nitrogens with one attached hydrogen (secondary N) is 2.